The Morgan fingerprint density at radius 3 is 2.83 bits per heavy atom. The maximum atomic E-state index is 5.63. The lowest BCUT2D eigenvalue weighted by molar-refractivity contribution is 1.03. The molecule has 0 fully saturated rings. The maximum Gasteiger partial charge on any atom is 0.139 e. The van der Waals surface area contributed by atoms with Crippen LogP contribution in [0.25, 0.3) is 0 Å². The minimum Gasteiger partial charge on any atom is -0.383 e. The smallest absolute Gasteiger partial charge is 0.139 e. The van der Waals surface area contributed by atoms with Crippen molar-refractivity contribution in [2.45, 2.75) is 13.8 Å². The SMILES string of the molecule is CCN(P)c1ncnc(N)c1C. The lowest BCUT2D eigenvalue weighted by Crippen LogP contribution is -2.12. The van der Waals surface area contributed by atoms with Crippen LogP contribution in [0.2, 0.25) is 0 Å². The van der Waals surface area contributed by atoms with Gasteiger partial charge in [0.1, 0.15) is 18.0 Å². The number of nitrogens with two attached hydrogens (primary N) is 1. The van der Waals surface area contributed by atoms with Crippen molar-refractivity contribution >= 4 is 21.0 Å². The summed E-state index contributed by atoms with van der Waals surface area (Å²) in [5.41, 5.74) is 6.55. The summed E-state index contributed by atoms with van der Waals surface area (Å²) < 4.78 is 1.95. The lowest BCUT2D eigenvalue weighted by atomic mass is 10.3. The Kier molecular flexibility index (Phi) is 2.82. The Balaban J connectivity index is 3.07. The van der Waals surface area contributed by atoms with Gasteiger partial charge >= 0.3 is 0 Å². The quantitative estimate of drug-likeness (QED) is 0.696. The molecule has 2 N–H and O–H groups in total. The van der Waals surface area contributed by atoms with Gasteiger partial charge < -0.3 is 10.4 Å². The molecule has 1 rings (SSSR count). The summed E-state index contributed by atoms with van der Waals surface area (Å²) in [4.78, 5) is 8.01. The van der Waals surface area contributed by atoms with Crippen molar-refractivity contribution in [1.82, 2.24) is 9.97 Å². The van der Waals surface area contributed by atoms with Crippen molar-refractivity contribution < 1.29 is 0 Å². The standard InChI is InChI=1S/C7H13N4P/c1-3-11(12)7-5(2)6(8)9-4-10-7/h4H,3,12H2,1-2H3,(H2,8,9,10). The number of nitrogens with zero attached hydrogens (tertiary/aromatic N) is 3. The Bertz CT molecular complexity index is 276. The molecule has 0 aliphatic carbocycles. The predicted octanol–water partition coefficient (Wildman–Crippen LogP) is 0.984. The van der Waals surface area contributed by atoms with Crippen LogP contribution in [0.5, 0.6) is 0 Å². The first-order chi connectivity index (χ1) is 5.66. The third kappa shape index (κ3) is 1.64. The van der Waals surface area contributed by atoms with Crippen molar-refractivity contribution in [2.75, 3.05) is 16.9 Å². The first-order valence-corrected chi connectivity index (χ1v) is 4.27. The number of aromatic nitrogens is 2. The second-order valence-electron chi connectivity index (χ2n) is 2.49. The molecule has 0 aromatic carbocycles. The molecule has 12 heavy (non-hydrogen) atoms. The van der Waals surface area contributed by atoms with Crippen LogP contribution < -0.4 is 10.4 Å². The average Bonchev–Trinajstić information content (AvgIpc) is 2.08. The largest absolute Gasteiger partial charge is 0.383 e. The molecule has 0 saturated carbocycles. The Labute approximate surface area is 74.5 Å². The van der Waals surface area contributed by atoms with E-state index in [-0.39, 0.29) is 0 Å². The molecular weight excluding hydrogens is 171 g/mol. The van der Waals surface area contributed by atoms with Gasteiger partial charge in [-0.15, -0.1) is 0 Å². The van der Waals surface area contributed by atoms with Gasteiger partial charge in [-0.05, 0) is 23.2 Å². The summed E-state index contributed by atoms with van der Waals surface area (Å²) in [6.07, 6.45) is 1.48. The molecule has 1 aromatic rings. The van der Waals surface area contributed by atoms with E-state index < -0.39 is 0 Å². The molecule has 1 heterocycles. The van der Waals surface area contributed by atoms with Gasteiger partial charge in [-0.1, -0.05) is 0 Å². The van der Waals surface area contributed by atoms with E-state index in [2.05, 4.69) is 19.4 Å². The summed E-state index contributed by atoms with van der Waals surface area (Å²) in [7, 11) is 2.59. The van der Waals surface area contributed by atoms with E-state index in [4.69, 9.17) is 5.73 Å². The third-order valence-corrected chi connectivity index (χ3v) is 2.32. The van der Waals surface area contributed by atoms with Gasteiger partial charge in [-0.2, -0.15) is 0 Å². The van der Waals surface area contributed by atoms with Crippen molar-refractivity contribution in [3.8, 4) is 0 Å². The minimum atomic E-state index is 0.543. The topological polar surface area (TPSA) is 55.0 Å². The first kappa shape index (κ1) is 9.20. The molecule has 0 aliphatic heterocycles. The fraction of sp³-hybridized carbons (Fsp3) is 0.429. The molecule has 5 heteroatoms. The summed E-state index contributed by atoms with van der Waals surface area (Å²) in [5.74, 6) is 1.41. The van der Waals surface area contributed by atoms with Crippen LogP contribution in [0.1, 0.15) is 12.5 Å². The normalized spacial score (nSPS) is 9.92. The Hall–Kier alpha value is -0.890. The van der Waals surface area contributed by atoms with Crippen LogP contribution in [-0.4, -0.2) is 16.5 Å². The van der Waals surface area contributed by atoms with Gasteiger partial charge in [-0.25, -0.2) is 9.97 Å². The fourth-order valence-electron chi connectivity index (χ4n) is 0.893. The van der Waals surface area contributed by atoms with Crippen LogP contribution >= 0.6 is 9.39 Å². The highest BCUT2D eigenvalue weighted by Gasteiger charge is 2.06. The van der Waals surface area contributed by atoms with Crippen LogP contribution in [0.3, 0.4) is 0 Å². The average molecular weight is 184 g/mol. The minimum absolute atomic E-state index is 0.543. The highest BCUT2D eigenvalue weighted by molar-refractivity contribution is 7.19. The second-order valence-corrected chi connectivity index (χ2v) is 3.12. The Morgan fingerprint density at radius 2 is 2.25 bits per heavy atom. The zero-order chi connectivity index (χ0) is 9.14. The molecule has 66 valence electrons. The van der Waals surface area contributed by atoms with Crippen LogP contribution in [0.15, 0.2) is 6.33 Å². The van der Waals surface area contributed by atoms with E-state index in [0.717, 1.165) is 17.9 Å². The molecule has 4 nitrogen and oxygen atoms in total. The zero-order valence-electron chi connectivity index (χ0n) is 7.28. The lowest BCUT2D eigenvalue weighted by Gasteiger charge is -2.17. The van der Waals surface area contributed by atoms with E-state index >= 15 is 0 Å². The van der Waals surface area contributed by atoms with Crippen molar-refractivity contribution in [2.24, 2.45) is 0 Å². The fourth-order valence-corrected chi connectivity index (χ4v) is 1.15. The summed E-state index contributed by atoms with van der Waals surface area (Å²) in [6, 6.07) is 0. The molecular formula is C7H13N4P. The highest BCUT2D eigenvalue weighted by atomic mass is 31.0. The second kappa shape index (κ2) is 3.68. The maximum absolute atomic E-state index is 5.63. The van der Waals surface area contributed by atoms with Gasteiger partial charge in [0.05, 0.1) is 0 Å². The number of nitrogen functional groups attached to an aromatic ring is 1. The third-order valence-electron chi connectivity index (χ3n) is 1.71. The van der Waals surface area contributed by atoms with Crippen LogP contribution in [-0.2, 0) is 0 Å². The molecule has 0 spiro atoms. The van der Waals surface area contributed by atoms with Gasteiger partial charge in [0.25, 0.3) is 0 Å². The monoisotopic (exact) mass is 184 g/mol. The first-order valence-electron chi connectivity index (χ1n) is 3.76. The number of hydrogen-bond donors (Lipinski definition) is 1. The van der Waals surface area contributed by atoms with E-state index in [1.165, 1.54) is 6.33 Å². The van der Waals surface area contributed by atoms with Crippen LogP contribution in [0, 0.1) is 6.92 Å². The predicted molar refractivity (Wildman–Crippen MR) is 53.9 cm³/mol. The molecule has 1 atom stereocenters. The van der Waals surface area contributed by atoms with E-state index in [1.54, 1.807) is 0 Å². The number of anilines is 2. The molecule has 1 aromatic heterocycles. The van der Waals surface area contributed by atoms with Gasteiger partial charge in [0, 0.05) is 12.1 Å². The molecule has 0 saturated heterocycles. The Morgan fingerprint density at radius 1 is 1.58 bits per heavy atom. The van der Waals surface area contributed by atoms with Crippen LogP contribution in [0.4, 0.5) is 11.6 Å². The molecule has 0 radical (unpaired) electrons. The highest BCUT2D eigenvalue weighted by Crippen LogP contribution is 2.21. The van der Waals surface area contributed by atoms with Crippen molar-refractivity contribution in [3.63, 3.8) is 0 Å². The van der Waals surface area contributed by atoms with E-state index in [0.29, 0.717) is 5.82 Å². The van der Waals surface area contributed by atoms with E-state index in [9.17, 15) is 0 Å². The number of hydrogen-bond acceptors (Lipinski definition) is 4. The summed E-state index contributed by atoms with van der Waals surface area (Å²) in [5, 5.41) is 0. The van der Waals surface area contributed by atoms with Gasteiger partial charge in [-0.3, -0.25) is 0 Å². The molecule has 0 amide bonds. The van der Waals surface area contributed by atoms with Gasteiger partial charge in [0.15, 0.2) is 0 Å². The van der Waals surface area contributed by atoms with Crippen molar-refractivity contribution in [1.29, 1.82) is 0 Å². The summed E-state index contributed by atoms with van der Waals surface area (Å²) >= 11 is 0. The number of rotatable bonds is 2. The van der Waals surface area contributed by atoms with Crippen molar-refractivity contribution in [3.05, 3.63) is 11.9 Å². The summed E-state index contributed by atoms with van der Waals surface area (Å²) in [6.45, 7) is 4.84. The van der Waals surface area contributed by atoms with E-state index in [1.807, 2.05) is 18.5 Å². The molecule has 0 aliphatic rings. The van der Waals surface area contributed by atoms with Gasteiger partial charge in [0.2, 0.25) is 0 Å². The molecule has 0 bridgehead atoms. The molecule has 1 unspecified atom stereocenters. The zero-order valence-corrected chi connectivity index (χ0v) is 8.44.